The lowest BCUT2D eigenvalue weighted by Crippen LogP contribution is -2.13. The first kappa shape index (κ1) is 10.5. The van der Waals surface area contributed by atoms with Crippen molar-refractivity contribution in [2.45, 2.75) is 10.00 Å². The average molecular weight is 245 g/mol. The van der Waals surface area contributed by atoms with Crippen molar-refractivity contribution in [2.75, 3.05) is 0 Å². The summed E-state index contributed by atoms with van der Waals surface area (Å²) in [5.74, 6) is -0.891. The van der Waals surface area contributed by atoms with Gasteiger partial charge in [-0.2, -0.15) is 0 Å². The molecule has 3 rings (SSSR count). The number of nitrogens with two attached hydrogens (primary N) is 1. The highest BCUT2D eigenvalue weighted by Crippen LogP contribution is 2.64. The largest absolute Gasteiger partial charge is 0.478 e. The van der Waals surface area contributed by atoms with Gasteiger partial charge in [0.1, 0.15) is 0 Å². The van der Waals surface area contributed by atoms with Gasteiger partial charge in [-0.15, -0.1) is 11.8 Å². The number of hydrogen-bond donors (Lipinski definition) is 2. The van der Waals surface area contributed by atoms with E-state index in [2.05, 4.69) is 12.2 Å². The second-order valence-electron chi connectivity index (χ2n) is 4.21. The number of fused-ring (bicyclic) bond motifs is 1. The molecule has 2 atom stereocenters. The fraction of sp³-hybridized carbons (Fsp3) is 0.154. The lowest BCUT2D eigenvalue weighted by atomic mass is 9.91. The van der Waals surface area contributed by atoms with Gasteiger partial charge in [0.05, 0.1) is 10.3 Å². The Morgan fingerprint density at radius 1 is 1.35 bits per heavy atom. The van der Waals surface area contributed by atoms with E-state index in [-0.39, 0.29) is 4.75 Å². The first-order chi connectivity index (χ1) is 8.12. The first-order valence-corrected chi connectivity index (χ1v) is 6.18. The highest BCUT2D eigenvalue weighted by Gasteiger charge is 2.54. The van der Waals surface area contributed by atoms with E-state index in [1.165, 1.54) is 0 Å². The Balaban J connectivity index is 1.93. The van der Waals surface area contributed by atoms with Crippen LogP contribution in [0.25, 0.3) is 0 Å². The molecule has 0 radical (unpaired) electrons. The van der Waals surface area contributed by atoms with Gasteiger partial charge in [-0.25, -0.2) is 4.79 Å². The Kier molecular flexibility index (Phi) is 2.10. The predicted molar refractivity (Wildman–Crippen MR) is 67.9 cm³/mol. The molecule has 0 amide bonds. The molecule has 1 heterocycles. The Morgan fingerprint density at radius 3 is 2.65 bits per heavy atom. The number of rotatable bonds is 2. The Hall–Kier alpha value is -1.68. The molecule has 0 aromatic heterocycles. The van der Waals surface area contributed by atoms with Gasteiger partial charge in [-0.1, -0.05) is 18.2 Å². The predicted octanol–water partition coefficient (Wildman–Crippen LogP) is 2.11. The molecule has 17 heavy (non-hydrogen) atoms. The summed E-state index contributed by atoms with van der Waals surface area (Å²) in [6, 6.07) is 7.07. The summed E-state index contributed by atoms with van der Waals surface area (Å²) in [6.07, 6.45) is 6.07. The van der Waals surface area contributed by atoms with E-state index in [0.717, 1.165) is 11.3 Å². The monoisotopic (exact) mass is 245 g/mol. The second-order valence-corrected chi connectivity index (χ2v) is 5.63. The molecule has 1 aliphatic carbocycles. The van der Waals surface area contributed by atoms with Gasteiger partial charge in [0.15, 0.2) is 0 Å². The van der Waals surface area contributed by atoms with Gasteiger partial charge in [0, 0.05) is 10.9 Å². The fourth-order valence-corrected chi connectivity index (χ4v) is 3.40. The Morgan fingerprint density at radius 2 is 2.06 bits per heavy atom. The molecule has 3 nitrogen and oxygen atoms in total. The standard InChI is InChI=1S/C13H11NO2S/c14-10-5-6-13(11(7-10)17-13)9-3-1-8(2-4-9)12(15)16/h1-7,11H,14H2,(H,15,16). The van der Waals surface area contributed by atoms with Gasteiger partial charge in [-0.3, -0.25) is 0 Å². The third kappa shape index (κ3) is 1.56. The van der Waals surface area contributed by atoms with Crippen molar-refractivity contribution in [3.8, 4) is 0 Å². The van der Waals surface area contributed by atoms with Crippen molar-refractivity contribution in [3.05, 3.63) is 59.3 Å². The van der Waals surface area contributed by atoms with Gasteiger partial charge in [0.2, 0.25) is 0 Å². The Labute approximate surface area is 103 Å². The van der Waals surface area contributed by atoms with Crippen LogP contribution in [0.4, 0.5) is 0 Å². The summed E-state index contributed by atoms with van der Waals surface area (Å²) >= 11 is 1.83. The zero-order valence-corrected chi connectivity index (χ0v) is 9.78. The van der Waals surface area contributed by atoms with Crippen molar-refractivity contribution in [3.63, 3.8) is 0 Å². The molecule has 1 saturated heterocycles. The summed E-state index contributed by atoms with van der Waals surface area (Å²) < 4.78 is -0.0140. The summed E-state index contributed by atoms with van der Waals surface area (Å²) in [5.41, 5.74) is 8.00. The van der Waals surface area contributed by atoms with Gasteiger partial charge in [0.25, 0.3) is 0 Å². The van der Waals surface area contributed by atoms with Gasteiger partial charge in [-0.05, 0) is 29.8 Å². The molecular weight excluding hydrogens is 234 g/mol. The third-order valence-corrected chi connectivity index (χ3v) is 4.66. The quantitative estimate of drug-likeness (QED) is 0.783. The highest BCUT2D eigenvalue weighted by atomic mass is 32.2. The SMILES string of the molecule is NC1=CC2SC2(c2ccc(C(=O)O)cc2)C=C1. The third-order valence-electron chi connectivity index (χ3n) is 3.14. The van der Waals surface area contributed by atoms with Crippen molar-refractivity contribution in [1.29, 1.82) is 0 Å². The summed E-state index contributed by atoms with van der Waals surface area (Å²) in [5, 5.41) is 9.24. The molecular formula is C13H11NO2S. The lowest BCUT2D eigenvalue weighted by Gasteiger charge is -2.13. The number of carboxylic acids is 1. The minimum absolute atomic E-state index is 0.0140. The molecule has 86 valence electrons. The minimum Gasteiger partial charge on any atom is -0.478 e. The number of allylic oxidation sites excluding steroid dienone is 1. The van der Waals surface area contributed by atoms with Crippen LogP contribution in [0.15, 0.2) is 48.2 Å². The minimum atomic E-state index is -0.891. The molecule has 2 unspecified atom stereocenters. The first-order valence-electron chi connectivity index (χ1n) is 5.30. The maximum Gasteiger partial charge on any atom is 0.335 e. The van der Waals surface area contributed by atoms with Crippen molar-refractivity contribution in [1.82, 2.24) is 0 Å². The Bertz CT molecular complexity index is 547. The van der Waals surface area contributed by atoms with Crippen LogP contribution in [0.5, 0.6) is 0 Å². The van der Waals surface area contributed by atoms with E-state index in [4.69, 9.17) is 10.8 Å². The number of thioether (sulfide) groups is 1. The van der Waals surface area contributed by atoms with Crippen molar-refractivity contribution < 1.29 is 9.90 Å². The molecule has 4 heteroatoms. The van der Waals surface area contributed by atoms with E-state index in [9.17, 15) is 4.79 Å². The smallest absolute Gasteiger partial charge is 0.335 e. The van der Waals surface area contributed by atoms with Crippen LogP contribution < -0.4 is 5.73 Å². The average Bonchev–Trinajstić information content (AvgIpc) is 3.04. The maximum absolute atomic E-state index is 10.8. The highest BCUT2D eigenvalue weighted by molar-refractivity contribution is 8.08. The van der Waals surface area contributed by atoms with Crippen LogP contribution in [0.3, 0.4) is 0 Å². The van der Waals surface area contributed by atoms with Gasteiger partial charge < -0.3 is 10.8 Å². The number of carbonyl (C=O) groups is 1. The van der Waals surface area contributed by atoms with Crippen LogP contribution in [0, 0.1) is 0 Å². The van der Waals surface area contributed by atoms with E-state index in [1.54, 1.807) is 12.1 Å². The van der Waals surface area contributed by atoms with E-state index in [1.807, 2.05) is 30.0 Å². The molecule has 3 N–H and O–H groups in total. The number of benzene rings is 1. The number of aromatic carboxylic acids is 1. The van der Waals surface area contributed by atoms with Crippen LogP contribution in [-0.2, 0) is 4.75 Å². The lowest BCUT2D eigenvalue weighted by molar-refractivity contribution is 0.0697. The molecule has 1 aromatic rings. The van der Waals surface area contributed by atoms with Crippen LogP contribution in [0.2, 0.25) is 0 Å². The summed E-state index contributed by atoms with van der Waals surface area (Å²) in [4.78, 5) is 10.8. The van der Waals surface area contributed by atoms with Gasteiger partial charge >= 0.3 is 5.97 Å². The summed E-state index contributed by atoms with van der Waals surface area (Å²) in [6.45, 7) is 0. The van der Waals surface area contributed by atoms with Crippen LogP contribution in [0.1, 0.15) is 15.9 Å². The zero-order valence-electron chi connectivity index (χ0n) is 8.96. The zero-order chi connectivity index (χ0) is 12.0. The molecule has 0 saturated carbocycles. The van der Waals surface area contributed by atoms with E-state index >= 15 is 0 Å². The maximum atomic E-state index is 10.8. The number of hydrogen-bond acceptors (Lipinski definition) is 3. The molecule has 0 spiro atoms. The molecule has 1 aromatic carbocycles. The molecule has 1 fully saturated rings. The number of carboxylic acid groups (broad SMARTS) is 1. The van der Waals surface area contributed by atoms with Crippen molar-refractivity contribution >= 4 is 17.7 Å². The van der Waals surface area contributed by atoms with Crippen molar-refractivity contribution in [2.24, 2.45) is 5.73 Å². The molecule has 2 aliphatic rings. The summed E-state index contributed by atoms with van der Waals surface area (Å²) in [7, 11) is 0. The molecule has 0 bridgehead atoms. The van der Waals surface area contributed by atoms with E-state index in [0.29, 0.717) is 10.8 Å². The second kappa shape index (κ2) is 3.40. The van der Waals surface area contributed by atoms with E-state index < -0.39 is 5.97 Å². The fourth-order valence-electron chi connectivity index (χ4n) is 2.12. The normalized spacial score (nSPS) is 29.4. The topological polar surface area (TPSA) is 63.3 Å². The van der Waals surface area contributed by atoms with Crippen LogP contribution >= 0.6 is 11.8 Å². The van der Waals surface area contributed by atoms with Crippen LogP contribution in [-0.4, -0.2) is 16.3 Å². The molecule has 1 aliphatic heterocycles.